The maximum atomic E-state index is 11.1. The summed E-state index contributed by atoms with van der Waals surface area (Å²) in [5, 5.41) is 0. The number of alkyl halides is 1. The molecule has 0 amide bonds. The van der Waals surface area contributed by atoms with Crippen LogP contribution in [0, 0.1) is 35.0 Å². The Labute approximate surface area is 151 Å². The van der Waals surface area contributed by atoms with E-state index in [2.05, 4.69) is 40.2 Å². The van der Waals surface area contributed by atoms with Gasteiger partial charge in [0.05, 0.1) is 19.3 Å². The molecule has 128 valence electrons. The molecule has 1 aromatic carbocycles. The highest BCUT2D eigenvalue weighted by atomic mass is 79.9. The Bertz CT molecular complexity index is 658. The first kappa shape index (κ1) is 15.4. The lowest BCUT2D eigenvalue weighted by Crippen LogP contribution is -2.23. The topological polar surface area (TPSA) is 35.5 Å². The van der Waals surface area contributed by atoms with Crippen LogP contribution in [0.5, 0.6) is 0 Å². The summed E-state index contributed by atoms with van der Waals surface area (Å²) in [7, 11) is 0. The van der Waals surface area contributed by atoms with Crippen LogP contribution in [0.2, 0.25) is 0 Å². The molecule has 5 fully saturated rings. The van der Waals surface area contributed by atoms with Crippen molar-refractivity contribution in [3.8, 4) is 0 Å². The van der Waals surface area contributed by atoms with E-state index in [0.29, 0.717) is 28.9 Å². The van der Waals surface area contributed by atoms with Crippen LogP contribution in [0.25, 0.3) is 0 Å². The summed E-state index contributed by atoms with van der Waals surface area (Å²) in [5.41, 5.74) is 1.65. The van der Waals surface area contributed by atoms with Gasteiger partial charge in [-0.3, -0.25) is 4.79 Å². The van der Waals surface area contributed by atoms with Crippen molar-refractivity contribution in [2.45, 2.75) is 37.3 Å². The van der Waals surface area contributed by atoms with Crippen LogP contribution in [0.4, 0.5) is 0 Å². The average molecular weight is 391 g/mol. The minimum Gasteiger partial charge on any atom is -0.466 e. The molecule has 0 N–H and O–H groups in total. The van der Waals surface area contributed by atoms with Gasteiger partial charge in [-0.25, -0.2) is 0 Å². The Morgan fingerprint density at radius 3 is 2.75 bits per heavy atom. The highest BCUT2D eigenvalue weighted by Crippen LogP contribution is 2.89. The molecule has 3 nitrogen and oxygen atoms in total. The highest BCUT2D eigenvalue weighted by Gasteiger charge is 2.88. The van der Waals surface area contributed by atoms with Crippen LogP contribution in [0.3, 0.4) is 0 Å². The van der Waals surface area contributed by atoms with Crippen molar-refractivity contribution in [1.29, 1.82) is 0 Å². The van der Waals surface area contributed by atoms with Gasteiger partial charge < -0.3 is 9.47 Å². The summed E-state index contributed by atoms with van der Waals surface area (Å²) < 4.78 is 11.6. The molecule has 24 heavy (non-hydrogen) atoms. The molecule has 5 aliphatic rings. The molecule has 6 bridgehead atoms. The molecule has 0 aliphatic heterocycles. The molecule has 0 saturated heterocycles. The summed E-state index contributed by atoms with van der Waals surface area (Å²) in [6.07, 6.45) is 2.66. The van der Waals surface area contributed by atoms with E-state index in [9.17, 15) is 4.79 Å². The molecule has 5 saturated carbocycles. The van der Waals surface area contributed by atoms with Crippen molar-refractivity contribution in [1.82, 2.24) is 0 Å². The van der Waals surface area contributed by atoms with Gasteiger partial charge in [-0.15, -0.1) is 0 Å². The molecule has 0 radical (unpaired) electrons. The normalized spacial score (nSPS) is 46.3. The number of benzene rings is 1. The van der Waals surface area contributed by atoms with Gasteiger partial charge in [-0.1, -0.05) is 46.3 Å². The van der Waals surface area contributed by atoms with E-state index in [0.717, 1.165) is 36.7 Å². The van der Waals surface area contributed by atoms with Gasteiger partial charge in [0, 0.05) is 11.8 Å². The van der Waals surface area contributed by atoms with Crippen molar-refractivity contribution in [3.63, 3.8) is 0 Å². The molecular formula is C20H23BrO3. The number of rotatable bonds is 6. The van der Waals surface area contributed by atoms with Gasteiger partial charge in [0.25, 0.3) is 0 Å². The molecule has 0 aromatic heterocycles. The maximum absolute atomic E-state index is 11.1. The third-order valence-electron chi connectivity index (χ3n) is 7.27. The quantitative estimate of drug-likeness (QED) is 0.547. The number of carbonyl (C=O) groups is 1. The van der Waals surface area contributed by atoms with Crippen LogP contribution < -0.4 is 0 Å². The van der Waals surface area contributed by atoms with Crippen molar-refractivity contribution in [3.05, 3.63) is 35.9 Å². The fourth-order valence-corrected chi connectivity index (χ4v) is 8.28. The molecule has 0 unspecified atom stereocenters. The summed E-state index contributed by atoms with van der Waals surface area (Å²) in [6.45, 7) is 2.80. The first-order valence-electron chi connectivity index (χ1n) is 9.07. The lowest BCUT2D eigenvalue weighted by molar-refractivity contribution is -0.141. The zero-order valence-corrected chi connectivity index (χ0v) is 15.4. The Morgan fingerprint density at radius 2 is 2.04 bits per heavy atom. The first-order valence-corrected chi connectivity index (χ1v) is 9.99. The second-order valence-electron chi connectivity index (χ2n) is 8.05. The fourth-order valence-electron chi connectivity index (χ4n) is 6.69. The number of esters is 1. The SMILES string of the molecule is CC(=O)OCC[C@]12[C@@H]3[C@H]4C[C@H](OCc5ccccc5)[C@H]([C@H]4[C@H]1Br)[C@@H]32. The van der Waals surface area contributed by atoms with Crippen LogP contribution in [0.15, 0.2) is 30.3 Å². The Kier molecular flexibility index (Phi) is 3.41. The van der Waals surface area contributed by atoms with Crippen LogP contribution in [0.1, 0.15) is 25.3 Å². The minimum absolute atomic E-state index is 0.160. The Morgan fingerprint density at radius 1 is 1.25 bits per heavy atom. The second kappa shape index (κ2) is 5.31. The third kappa shape index (κ3) is 1.90. The summed E-state index contributed by atoms with van der Waals surface area (Å²) in [4.78, 5) is 11.7. The lowest BCUT2D eigenvalue weighted by Gasteiger charge is -2.22. The van der Waals surface area contributed by atoms with E-state index in [4.69, 9.17) is 9.47 Å². The number of hydrogen-bond donors (Lipinski definition) is 0. The zero-order valence-electron chi connectivity index (χ0n) is 13.9. The number of carbonyl (C=O) groups excluding carboxylic acids is 1. The van der Waals surface area contributed by atoms with Crippen molar-refractivity contribution in [2.75, 3.05) is 6.61 Å². The van der Waals surface area contributed by atoms with Crippen molar-refractivity contribution < 1.29 is 14.3 Å². The average Bonchev–Trinajstić information content (AvgIpc) is 2.82. The first-order chi connectivity index (χ1) is 11.6. The molecule has 1 aromatic rings. The maximum Gasteiger partial charge on any atom is 0.302 e. The molecule has 5 aliphatic carbocycles. The van der Waals surface area contributed by atoms with Crippen LogP contribution >= 0.6 is 15.9 Å². The van der Waals surface area contributed by atoms with Crippen molar-refractivity contribution >= 4 is 21.9 Å². The lowest BCUT2D eigenvalue weighted by atomic mass is 9.97. The van der Waals surface area contributed by atoms with E-state index >= 15 is 0 Å². The molecule has 0 spiro atoms. The molecule has 4 heteroatoms. The number of halogens is 1. The fraction of sp³-hybridized carbons (Fsp3) is 0.650. The van der Waals surface area contributed by atoms with E-state index in [1.807, 2.05) is 6.07 Å². The van der Waals surface area contributed by atoms with E-state index in [1.54, 1.807) is 0 Å². The van der Waals surface area contributed by atoms with E-state index < -0.39 is 0 Å². The highest BCUT2D eigenvalue weighted by molar-refractivity contribution is 9.09. The second-order valence-corrected chi connectivity index (χ2v) is 9.03. The van der Waals surface area contributed by atoms with Crippen LogP contribution in [-0.4, -0.2) is 23.5 Å². The number of hydrogen-bond acceptors (Lipinski definition) is 3. The molecule has 0 heterocycles. The van der Waals surface area contributed by atoms with Crippen molar-refractivity contribution in [2.24, 2.45) is 35.0 Å². The monoisotopic (exact) mass is 390 g/mol. The summed E-state index contributed by atoms with van der Waals surface area (Å²) >= 11 is 4.03. The van der Waals surface area contributed by atoms with Crippen LogP contribution in [-0.2, 0) is 20.9 Å². The largest absolute Gasteiger partial charge is 0.466 e. The van der Waals surface area contributed by atoms with Gasteiger partial charge in [-0.2, -0.15) is 0 Å². The Hall–Kier alpha value is -0.870. The molecular weight excluding hydrogens is 368 g/mol. The smallest absolute Gasteiger partial charge is 0.302 e. The summed E-state index contributed by atoms with van der Waals surface area (Å²) in [5.74, 6) is 3.80. The minimum atomic E-state index is -0.160. The van der Waals surface area contributed by atoms with Gasteiger partial charge >= 0.3 is 5.97 Å². The third-order valence-corrected chi connectivity index (χ3v) is 8.73. The Balaban J connectivity index is 1.26. The van der Waals surface area contributed by atoms with E-state index in [-0.39, 0.29) is 5.97 Å². The van der Waals surface area contributed by atoms with E-state index in [1.165, 1.54) is 18.9 Å². The predicted octanol–water partition coefficient (Wildman–Crippen LogP) is 3.80. The van der Waals surface area contributed by atoms with Gasteiger partial charge in [0.1, 0.15) is 0 Å². The molecule has 6 rings (SSSR count). The molecule has 8 atom stereocenters. The summed E-state index contributed by atoms with van der Waals surface area (Å²) in [6, 6.07) is 10.5. The standard InChI is InChI=1S/C20H23BrO3/c1-11(22)23-8-7-20-17-13-9-14(16(18(17)20)15(13)19(20)21)24-10-12-5-3-2-4-6-12/h2-6,13-19H,7-10H2,1H3/t13-,14-,15-,16+,17+,18-,19+,20+/m0/s1. The number of ether oxygens (including phenoxy) is 2. The zero-order chi connectivity index (χ0) is 16.5. The van der Waals surface area contributed by atoms with Gasteiger partial charge in [0.15, 0.2) is 0 Å². The van der Waals surface area contributed by atoms with Gasteiger partial charge in [-0.05, 0) is 53.4 Å². The van der Waals surface area contributed by atoms with Gasteiger partial charge in [0.2, 0.25) is 0 Å². The predicted molar refractivity (Wildman–Crippen MR) is 93.5 cm³/mol.